The largest absolute Gasteiger partial charge is 0.204 e. The van der Waals surface area contributed by atoms with Gasteiger partial charge in [0.2, 0.25) is 0 Å². The molecular formula is C8H7F3. The highest BCUT2D eigenvalue weighted by Gasteiger charge is 2.13. The van der Waals surface area contributed by atoms with Gasteiger partial charge in [-0.3, -0.25) is 0 Å². The normalized spacial score (nSPS) is 25.1. The van der Waals surface area contributed by atoms with E-state index < -0.39 is 17.5 Å². The Morgan fingerprint density at radius 2 is 1.91 bits per heavy atom. The third-order valence-electron chi connectivity index (χ3n) is 1.37. The van der Waals surface area contributed by atoms with Crippen LogP contribution in [0.2, 0.25) is 0 Å². The molecule has 0 aliphatic heterocycles. The van der Waals surface area contributed by atoms with Gasteiger partial charge in [-0.25, -0.2) is 13.2 Å². The summed E-state index contributed by atoms with van der Waals surface area (Å²) in [5, 5.41) is 0. The highest BCUT2D eigenvalue weighted by atomic mass is 19.2. The van der Waals surface area contributed by atoms with Crippen molar-refractivity contribution < 1.29 is 13.2 Å². The van der Waals surface area contributed by atoms with Gasteiger partial charge in [-0.15, -0.1) is 0 Å². The molecule has 0 heterocycles. The highest BCUT2D eigenvalue weighted by molar-refractivity contribution is 5.32. The van der Waals surface area contributed by atoms with Gasteiger partial charge in [0.1, 0.15) is 0 Å². The molecule has 3 heteroatoms. The molecule has 0 nitrogen and oxygen atoms in total. The highest BCUT2D eigenvalue weighted by Crippen LogP contribution is 2.24. The molecule has 1 unspecified atom stereocenters. The Bertz CT molecular complexity index is 248. The average molecular weight is 160 g/mol. The first-order chi connectivity index (χ1) is 5.11. The first-order valence-corrected chi connectivity index (χ1v) is 3.22. The van der Waals surface area contributed by atoms with Crippen molar-refractivity contribution in [2.45, 2.75) is 6.92 Å². The molecular weight excluding hydrogens is 153 g/mol. The number of halogens is 3. The summed E-state index contributed by atoms with van der Waals surface area (Å²) < 4.78 is 37.3. The molecule has 0 bridgehead atoms. The van der Waals surface area contributed by atoms with E-state index in [0.29, 0.717) is 0 Å². The molecule has 0 fully saturated rings. The fourth-order valence-electron chi connectivity index (χ4n) is 0.783. The predicted molar refractivity (Wildman–Crippen MR) is 36.7 cm³/mol. The Morgan fingerprint density at radius 3 is 2.55 bits per heavy atom. The van der Waals surface area contributed by atoms with Crippen LogP contribution in [-0.2, 0) is 0 Å². The molecule has 1 aliphatic rings. The van der Waals surface area contributed by atoms with Gasteiger partial charge in [-0.2, -0.15) is 0 Å². The van der Waals surface area contributed by atoms with Crippen molar-refractivity contribution in [3.63, 3.8) is 0 Å². The van der Waals surface area contributed by atoms with Crippen LogP contribution in [0.25, 0.3) is 0 Å². The van der Waals surface area contributed by atoms with Crippen LogP contribution < -0.4 is 0 Å². The Kier molecular flexibility index (Phi) is 2.17. The minimum atomic E-state index is -1.41. The van der Waals surface area contributed by atoms with Crippen LogP contribution in [-0.4, -0.2) is 0 Å². The van der Waals surface area contributed by atoms with Crippen molar-refractivity contribution in [1.29, 1.82) is 0 Å². The minimum Gasteiger partial charge on any atom is -0.204 e. The van der Waals surface area contributed by atoms with Gasteiger partial charge in [0.05, 0.1) is 0 Å². The third-order valence-corrected chi connectivity index (χ3v) is 1.37. The van der Waals surface area contributed by atoms with Crippen LogP contribution in [0.3, 0.4) is 0 Å². The van der Waals surface area contributed by atoms with Crippen LogP contribution >= 0.6 is 0 Å². The molecule has 0 N–H and O–H groups in total. The average Bonchev–Trinajstić information content (AvgIpc) is 2.05. The molecule has 0 saturated carbocycles. The van der Waals surface area contributed by atoms with E-state index in [0.717, 1.165) is 12.2 Å². The van der Waals surface area contributed by atoms with Crippen molar-refractivity contribution in [2.24, 2.45) is 5.92 Å². The third kappa shape index (κ3) is 1.73. The zero-order valence-corrected chi connectivity index (χ0v) is 5.94. The number of allylic oxidation sites excluding steroid dienone is 6. The summed E-state index contributed by atoms with van der Waals surface area (Å²) in [6.45, 7) is 1.64. The van der Waals surface area contributed by atoms with E-state index in [1.165, 1.54) is 6.08 Å². The summed E-state index contributed by atoms with van der Waals surface area (Å²) in [6.07, 6.45) is 3.35. The first kappa shape index (κ1) is 8.11. The van der Waals surface area contributed by atoms with Gasteiger partial charge in [0.25, 0.3) is 0 Å². The van der Waals surface area contributed by atoms with Crippen molar-refractivity contribution in [3.05, 3.63) is 35.7 Å². The maximum Gasteiger partial charge on any atom is 0.194 e. The van der Waals surface area contributed by atoms with Crippen LogP contribution in [0.5, 0.6) is 0 Å². The zero-order valence-electron chi connectivity index (χ0n) is 5.94. The van der Waals surface area contributed by atoms with E-state index in [4.69, 9.17) is 0 Å². The maximum absolute atomic E-state index is 12.5. The topological polar surface area (TPSA) is 0 Å². The van der Waals surface area contributed by atoms with Crippen LogP contribution in [0.4, 0.5) is 13.2 Å². The van der Waals surface area contributed by atoms with Gasteiger partial charge in [-0.05, 0) is 18.1 Å². The van der Waals surface area contributed by atoms with Crippen LogP contribution in [0.15, 0.2) is 35.7 Å². The van der Waals surface area contributed by atoms with Gasteiger partial charge >= 0.3 is 0 Å². The van der Waals surface area contributed by atoms with E-state index in [1.807, 2.05) is 0 Å². The van der Waals surface area contributed by atoms with E-state index in [1.54, 1.807) is 6.92 Å². The second kappa shape index (κ2) is 2.95. The van der Waals surface area contributed by atoms with Crippen LogP contribution in [0.1, 0.15) is 6.92 Å². The Labute approximate surface area is 62.7 Å². The molecule has 0 radical (unpaired) electrons. The molecule has 1 aliphatic carbocycles. The van der Waals surface area contributed by atoms with E-state index in [9.17, 15) is 13.2 Å². The Morgan fingerprint density at radius 1 is 1.27 bits per heavy atom. The second-order valence-corrected chi connectivity index (χ2v) is 2.39. The van der Waals surface area contributed by atoms with Crippen molar-refractivity contribution in [1.82, 2.24) is 0 Å². The first-order valence-electron chi connectivity index (χ1n) is 3.22. The summed E-state index contributed by atoms with van der Waals surface area (Å²) in [4.78, 5) is 0. The van der Waals surface area contributed by atoms with E-state index in [-0.39, 0.29) is 5.92 Å². The molecule has 0 spiro atoms. The lowest BCUT2D eigenvalue weighted by Crippen LogP contribution is -1.82. The fraction of sp³-hybridized carbons (Fsp3) is 0.250. The van der Waals surface area contributed by atoms with Gasteiger partial charge in [0.15, 0.2) is 17.5 Å². The lowest BCUT2D eigenvalue weighted by atomic mass is 10.1. The predicted octanol–water partition coefficient (Wildman–Crippen LogP) is 3.20. The number of hydrogen-bond donors (Lipinski definition) is 0. The monoisotopic (exact) mass is 160 g/mol. The standard InChI is InChI=1S/C8H7F3/c1-5-2-3-6(9)8(11)7(10)4-5/h2-5H,1H3. The molecule has 1 rings (SSSR count). The summed E-state index contributed by atoms with van der Waals surface area (Å²) >= 11 is 0. The minimum absolute atomic E-state index is 0.269. The van der Waals surface area contributed by atoms with Gasteiger partial charge in [-0.1, -0.05) is 13.0 Å². The SMILES string of the molecule is CC1C=CC(F)=C(F)C(F)=C1. The Hall–Kier alpha value is -0.990. The van der Waals surface area contributed by atoms with Gasteiger partial charge < -0.3 is 0 Å². The number of rotatable bonds is 0. The van der Waals surface area contributed by atoms with E-state index in [2.05, 4.69) is 0 Å². The summed E-state index contributed by atoms with van der Waals surface area (Å²) in [5.41, 5.74) is 0. The summed E-state index contributed by atoms with van der Waals surface area (Å²) in [6, 6.07) is 0. The van der Waals surface area contributed by atoms with Gasteiger partial charge in [0, 0.05) is 0 Å². The zero-order chi connectivity index (χ0) is 8.43. The molecule has 0 aromatic heterocycles. The van der Waals surface area contributed by atoms with Crippen molar-refractivity contribution in [2.75, 3.05) is 0 Å². The molecule has 60 valence electrons. The van der Waals surface area contributed by atoms with E-state index >= 15 is 0 Å². The second-order valence-electron chi connectivity index (χ2n) is 2.39. The smallest absolute Gasteiger partial charge is 0.194 e. The molecule has 0 aromatic carbocycles. The summed E-state index contributed by atoms with van der Waals surface area (Å²) in [7, 11) is 0. The fourth-order valence-corrected chi connectivity index (χ4v) is 0.783. The molecule has 1 atom stereocenters. The summed E-state index contributed by atoms with van der Waals surface area (Å²) in [5.74, 6) is -3.96. The lowest BCUT2D eigenvalue weighted by molar-refractivity contribution is 0.503. The molecule has 0 saturated heterocycles. The lowest BCUT2D eigenvalue weighted by Gasteiger charge is -1.93. The molecule has 0 aromatic rings. The van der Waals surface area contributed by atoms with Crippen molar-refractivity contribution in [3.8, 4) is 0 Å². The quantitative estimate of drug-likeness (QED) is 0.510. The molecule has 0 amide bonds. The Balaban J connectivity index is 3.06. The van der Waals surface area contributed by atoms with Crippen LogP contribution in [0, 0.1) is 5.92 Å². The number of hydrogen-bond acceptors (Lipinski definition) is 0. The molecule has 11 heavy (non-hydrogen) atoms. The van der Waals surface area contributed by atoms with Crippen molar-refractivity contribution >= 4 is 0 Å². The maximum atomic E-state index is 12.5.